The molecule has 5 aromatic rings. The minimum Gasteiger partial charge on any atom is -0.368 e. The maximum Gasteiger partial charge on any atom is 0.251 e. The lowest BCUT2D eigenvalue weighted by Crippen LogP contribution is -2.23. The molecule has 4 aromatic heterocycles. The fourth-order valence-corrected chi connectivity index (χ4v) is 3.69. The van der Waals surface area contributed by atoms with Crippen molar-refractivity contribution in [3.05, 3.63) is 94.7 Å². The molecule has 0 saturated carbocycles. The first-order valence-corrected chi connectivity index (χ1v) is 10.3. The molecule has 0 spiro atoms. The largest absolute Gasteiger partial charge is 0.368 e. The lowest BCUT2D eigenvalue weighted by molar-refractivity contribution is 0.0950. The highest BCUT2D eigenvalue weighted by molar-refractivity contribution is 6.31. The van der Waals surface area contributed by atoms with Crippen LogP contribution in [0.4, 0.5) is 5.95 Å². The molecule has 0 aliphatic rings. The third kappa shape index (κ3) is 4.08. The monoisotopic (exact) mass is 443 g/mol. The topological polar surface area (TPSA) is 111 Å². The molecule has 0 fully saturated rings. The van der Waals surface area contributed by atoms with E-state index in [-0.39, 0.29) is 5.91 Å². The maximum atomic E-state index is 12.7. The highest BCUT2D eigenvalue weighted by Crippen LogP contribution is 2.20. The fourth-order valence-electron chi connectivity index (χ4n) is 3.53. The van der Waals surface area contributed by atoms with Gasteiger partial charge in [0.05, 0.1) is 28.4 Å². The number of rotatable bonds is 5. The first-order chi connectivity index (χ1) is 15.5. The van der Waals surface area contributed by atoms with Crippen LogP contribution in [0.2, 0.25) is 5.02 Å². The average Bonchev–Trinajstić information content (AvgIpc) is 3.17. The fraction of sp³-hybridized carbons (Fsp3) is 0.0870. The van der Waals surface area contributed by atoms with Crippen LogP contribution in [0.25, 0.3) is 16.4 Å². The molecule has 0 aliphatic heterocycles. The van der Waals surface area contributed by atoms with E-state index in [4.69, 9.17) is 17.3 Å². The number of carbonyl (C=O) groups is 1. The smallest absolute Gasteiger partial charge is 0.251 e. The Balaban J connectivity index is 1.29. The summed E-state index contributed by atoms with van der Waals surface area (Å²) >= 11 is 6.06. The van der Waals surface area contributed by atoms with Crippen molar-refractivity contribution in [1.82, 2.24) is 29.9 Å². The van der Waals surface area contributed by atoms with E-state index in [1.165, 1.54) is 4.52 Å². The Kier molecular flexibility index (Phi) is 5.12. The minimum absolute atomic E-state index is 0.184. The van der Waals surface area contributed by atoms with Crippen LogP contribution in [0, 0.1) is 0 Å². The summed E-state index contributed by atoms with van der Waals surface area (Å²) in [5, 5.41) is 8.71. The number of benzene rings is 1. The standard InChI is InChI=1S/C23H18ClN7O/c24-18-8-17-5-14(1-2-21(17)27-12-18)6-19-9-16(3-4-26-19)22(32)28-10-15-7-20-13-29-23(25)31(20)30-11-15/h1-5,7-9,11-13H,6,10H2,(H2,25,29)(H,28,32). The first-order valence-electron chi connectivity index (χ1n) is 9.90. The Bertz CT molecular complexity index is 1460. The molecule has 1 amide bonds. The molecule has 4 heterocycles. The van der Waals surface area contributed by atoms with E-state index in [0.717, 1.165) is 33.2 Å². The Hall–Kier alpha value is -4.04. The van der Waals surface area contributed by atoms with Gasteiger partial charge in [-0.25, -0.2) is 4.98 Å². The molecule has 0 aliphatic carbocycles. The van der Waals surface area contributed by atoms with Crippen LogP contribution in [0.5, 0.6) is 0 Å². The summed E-state index contributed by atoms with van der Waals surface area (Å²) in [7, 11) is 0. The van der Waals surface area contributed by atoms with Crippen molar-refractivity contribution in [3.63, 3.8) is 0 Å². The molecule has 0 radical (unpaired) electrons. The van der Waals surface area contributed by atoms with Gasteiger partial charge < -0.3 is 11.1 Å². The summed E-state index contributed by atoms with van der Waals surface area (Å²) in [4.78, 5) is 25.4. The molecule has 1 aromatic carbocycles. The van der Waals surface area contributed by atoms with Crippen LogP contribution in [-0.2, 0) is 13.0 Å². The third-order valence-corrected chi connectivity index (χ3v) is 5.30. The summed E-state index contributed by atoms with van der Waals surface area (Å²) in [6, 6.07) is 13.3. The van der Waals surface area contributed by atoms with Crippen LogP contribution < -0.4 is 11.1 Å². The SMILES string of the molecule is Nc1ncc2cc(CNC(=O)c3ccnc(Cc4ccc5ncc(Cl)cc5c4)c3)cnn12. The molecule has 9 heteroatoms. The summed E-state index contributed by atoms with van der Waals surface area (Å²) < 4.78 is 1.54. The maximum absolute atomic E-state index is 12.7. The van der Waals surface area contributed by atoms with Crippen molar-refractivity contribution >= 4 is 39.9 Å². The number of anilines is 1. The number of imidazole rings is 1. The summed E-state index contributed by atoms with van der Waals surface area (Å²) in [6.45, 7) is 0.337. The lowest BCUT2D eigenvalue weighted by atomic mass is 10.0. The van der Waals surface area contributed by atoms with Gasteiger partial charge in [-0.15, -0.1) is 0 Å². The van der Waals surface area contributed by atoms with Crippen molar-refractivity contribution in [2.24, 2.45) is 0 Å². The van der Waals surface area contributed by atoms with Gasteiger partial charge in [0.1, 0.15) is 0 Å². The number of nitrogens with zero attached hydrogens (tertiary/aromatic N) is 5. The van der Waals surface area contributed by atoms with Crippen LogP contribution in [0.1, 0.15) is 27.2 Å². The van der Waals surface area contributed by atoms with E-state index in [1.54, 1.807) is 36.9 Å². The highest BCUT2D eigenvalue weighted by atomic mass is 35.5. The zero-order valence-corrected chi connectivity index (χ0v) is 17.6. The van der Waals surface area contributed by atoms with Crippen molar-refractivity contribution < 1.29 is 4.79 Å². The van der Waals surface area contributed by atoms with Gasteiger partial charge in [0.15, 0.2) is 0 Å². The summed E-state index contributed by atoms with van der Waals surface area (Å²) in [5.41, 5.74) is 10.6. The number of hydrogen-bond donors (Lipinski definition) is 2. The van der Waals surface area contributed by atoms with Gasteiger partial charge in [0.2, 0.25) is 5.95 Å². The number of nitrogens with one attached hydrogen (secondary N) is 1. The second-order valence-corrected chi connectivity index (χ2v) is 7.83. The second-order valence-electron chi connectivity index (χ2n) is 7.39. The number of carbonyl (C=O) groups excluding carboxylic acids is 1. The zero-order valence-electron chi connectivity index (χ0n) is 16.9. The summed E-state index contributed by atoms with van der Waals surface area (Å²) in [5.74, 6) is 0.140. The molecule has 0 unspecified atom stereocenters. The number of amides is 1. The molecule has 32 heavy (non-hydrogen) atoms. The van der Waals surface area contributed by atoms with Crippen LogP contribution in [0.15, 0.2) is 67.3 Å². The van der Waals surface area contributed by atoms with Gasteiger partial charge in [0.25, 0.3) is 5.91 Å². The molecule has 5 rings (SSSR count). The Labute approximate surface area is 188 Å². The second kappa shape index (κ2) is 8.24. The van der Waals surface area contributed by atoms with E-state index < -0.39 is 0 Å². The van der Waals surface area contributed by atoms with E-state index in [9.17, 15) is 4.79 Å². The van der Waals surface area contributed by atoms with Gasteiger partial charge in [-0.3, -0.25) is 14.8 Å². The van der Waals surface area contributed by atoms with Crippen LogP contribution in [0.3, 0.4) is 0 Å². The van der Waals surface area contributed by atoms with Gasteiger partial charge in [-0.1, -0.05) is 17.7 Å². The van der Waals surface area contributed by atoms with Gasteiger partial charge in [-0.05, 0) is 47.5 Å². The minimum atomic E-state index is -0.184. The van der Waals surface area contributed by atoms with E-state index in [1.807, 2.05) is 30.3 Å². The number of nitrogens with two attached hydrogens (primary N) is 1. The van der Waals surface area contributed by atoms with Gasteiger partial charge in [-0.2, -0.15) is 9.61 Å². The van der Waals surface area contributed by atoms with Crippen molar-refractivity contribution in [1.29, 1.82) is 0 Å². The van der Waals surface area contributed by atoms with Crippen LogP contribution in [-0.4, -0.2) is 30.5 Å². The number of halogens is 1. The third-order valence-electron chi connectivity index (χ3n) is 5.09. The van der Waals surface area contributed by atoms with Crippen molar-refractivity contribution in [2.75, 3.05) is 5.73 Å². The highest BCUT2D eigenvalue weighted by Gasteiger charge is 2.09. The zero-order chi connectivity index (χ0) is 22.1. The molecule has 0 atom stereocenters. The van der Waals surface area contributed by atoms with Gasteiger partial charge in [0, 0.05) is 42.0 Å². The number of aromatic nitrogens is 5. The number of hydrogen-bond acceptors (Lipinski definition) is 6. The first kappa shape index (κ1) is 19.9. The molecule has 158 valence electrons. The average molecular weight is 444 g/mol. The van der Waals surface area contributed by atoms with Crippen molar-refractivity contribution in [3.8, 4) is 0 Å². The molecular weight excluding hydrogens is 426 g/mol. The predicted octanol–water partition coefficient (Wildman–Crippen LogP) is 3.43. The van der Waals surface area contributed by atoms with Crippen molar-refractivity contribution in [2.45, 2.75) is 13.0 Å². The van der Waals surface area contributed by atoms with E-state index in [2.05, 4.69) is 25.4 Å². The molecule has 0 saturated heterocycles. The predicted molar refractivity (Wildman–Crippen MR) is 122 cm³/mol. The van der Waals surface area contributed by atoms with E-state index >= 15 is 0 Å². The Morgan fingerprint density at radius 3 is 2.81 bits per heavy atom. The summed E-state index contributed by atoms with van der Waals surface area (Å²) in [6.07, 6.45) is 7.16. The number of nitrogen functional groups attached to an aromatic ring is 1. The normalized spacial score (nSPS) is 11.2. The molecular formula is C23H18ClN7O. The quantitative estimate of drug-likeness (QED) is 0.430. The molecule has 0 bridgehead atoms. The van der Waals surface area contributed by atoms with E-state index in [0.29, 0.717) is 29.5 Å². The Morgan fingerprint density at radius 2 is 1.91 bits per heavy atom. The Morgan fingerprint density at radius 1 is 1.00 bits per heavy atom. The lowest BCUT2D eigenvalue weighted by Gasteiger charge is -2.08. The number of pyridine rings is 2. The van der Waals surface area contributed by atoms with Gasteiger partial charge >= 0.3 is 0 Å². The van der Waals surface area contributed by atoms with Crippen LogP contribution >= 0.6 is 11.6 Å². The number of fused-ring (bicyclic) bond motifs is 2. The molecule has 8 nitrogen and oxygen atoms in total. The molecule has 3 N–H and O–H groups in total.